The number of anilines is 4. The molecule has 0 aromatic carbocycles. The molecule has 8 aliphatic rings. The summed E-state index contributed by atoms with van der Waals surface area (Å²) in [5.41, 5.74) is 8.01. The van der Waals surface area contributed by atoms with Gasteiger partial charge in [-0.3, -0.25) is 19.0 Å². The average Bonchev–Trinajstić information content (AvgIpc) is 1.58. The van der Waals surface area contributed by atoms with Gasteiger partial charge in [0, 0.05) is 98.7 Å². The second-order valence-electron chi connectivity index (χ2n) is 24.8. The van der Waals surface area contributed by atoms with Gasteiger partial charge in [-0.2, -0.15) is 10.2 Å². The Bertz CT molecular complexity index is 3970. The van der Waals surface area contributed by atoms with E-state index in [0.717, 1.165) is 58.0 Å². The number of esters is 1. The third-order valence-electron chi connectivity index (χ3n) is 19.0. The van der Waals surface area contributed by atoms with Crippen LogP contribution in [-0.2, 0) is 24.4 Å². The molecule has 0 radical (unpaired) electrons. The fourth-order valence-electron chi connectivity index (χ4n) is 12.7. The first-order valence-corrected chi connectivity index (χ1v) is 30.9. The number of aldehydes is 2. The average molecular weight is 1330 g/mol. The summed E-state index contributed by atoms with van der Waals surface area (Å²) in [5.74, 6) is -12.5. The number of aliphatic hydroxyl groups excluding tert-OH is 1. The number of piperidine rings is 4. The van der Waals surface area contributed by atoms with Crippen LogP contribution in [0.2, 0.25) is 5.15 Å². The molecule has 29 heteroatoms. The highest BCUT2D eigenvalue weighted by Crippen LogP contribution is 2.62. The summed E-state index contributed by atoms with van der Waals surface area (Å²) >= 11 is 5.55. The molecule has 4 aliphatic heterocycles. The van der Waals surface area contributed by atoms with Crippen LogP contribution in [-0.4, -0.2) is 162 Å². The number of rotatable bonds is 14. The van der Waals surface area contributed by atoms with Gasteiger partial charge in [0.1, 0.15) is 28.4 Å². The van der Waals surface area contributed by atoms with Crippen LogP contribution in [0.15, 0.2) is 85.5 Å². The van der Waals surface area contributed by atoms with Gasteiger partial charge in [0.15, 0.2) is 12.6 Å². The van der Waals surface area contributed by atoms with E-state index in [1.807, 2.05) is 64.6 Å². The SMILES string of the molecule is CCOC(=O)c1cnn(Cc2ccc(N3CC4C(C3)C4(F)F)nc2C)c1.Cc1nc(Cl)ccc1C=O.Cc1nc(N2CC3C(C2)C3(F)F)ccc1C=O.Cc1nc(N2CC3C(C2)C3(F)F)ccc1CO.Cc1nc(N2CC3C(C2)C3(F)F)ccc1Cn1cc(C(=O)O)cn1. The zero-order valence-corrected chi connectivity index (χ0v) is 52.7. The van der Waals surface area contributed by atoms with E-state index in [4.69, 9.17) is 26.6 Å². The molecule has 0 spiro atoms. The van der Waals surface area contributed by atoms with Crippen molar-refractivity contribution >= 4 is 59.4 Å². The molecule has 7 aromatic rings. The zero-order valence-electron chi connectivity index (χ0n) is 52.0. The van der Waals surface area contributed by atoms with Crippen LogP contribution < -0.4 is 19.6 Å². The van der Waals surface area contributed by atoms with E-state index in [0.29, 0.717) is 117 Å². The molecule has 0 bridgehead atoms. The standard InChI is InChI=1S/C18H20F2N4O2.C16H16F2N4O2.C12H14F2N2O.C12H12F2N2O.C7H6ClNO/c1-3-26-17(25)13-6-21-24(8-13)7-12-4-5-16(22-11(12)2)23-9-14-15(10-23)18(14,19)20;1-9-10(5-22-6-11(4-19-22)15(23)24)2-3-14(20-9)21-7-12-13(8-21)16(12,17)18;2*1-7-8(6-17)2-3-11(15-7)16-4-9-10(5-16)12(9,13)14;1-5-6(4-10)2-3-7(8)9-5/h4-6,8,14-15H,3,7,9-10H2,1-2H3;2-4,6,12-13H,5,7-8H2,1H3,(H,23,24);2-3,9-10,17H,4-6H2,1H3;2-3,6,9-10H,4-5H2,1H3;2-4H,1H3. The van der Waals surface area contributed by atoms with E-state index in [2.05, 4.69) is 35.1 Å². The number of carboxylic acids is 1. The minimum absolute atomic E-state index is 0.0393. The lowest BCUT2D eigenvalue weighted by atomic mass is 10.2. The Morgan fingerprint density at radius 2 is 0.819 bits per heavy atom. The summed E-state index contributed by atoms with van der Waals surface area (Å²) in [5, 5.41) is 26.6. The third-order valence-corrected chi connectivity index (χ3v) is 19.2. The lowest BCUT2D eigenvalue weighted by molar-refractivity contribution is 0.0524. The Labute approximate surface area is 539 Å². The Balaban J connectivity index is 0.000000123. The number of hydrogen-bond donors (Lipinski definition) is 2. The van der Waals surface area contributed by atoms with Crippen molar-refractivity contribution in [2.75, 3.05) is 78.6 Å². The maximum absolute atomic E-state index is 13.3. The number of hydrogen-bond acceptors (Lipinski definition) is 17. The second-order valence-corrected chi connectivity index (χ2v) is 25.2. The van der Waals surface area contributed by atoms with E-state index < -0.39 is 83.0 Å². The second kappa shape index (κ2) is 25.9. The van der Waals surface area contributed by atoms with E-state index >= 15 is 0 Å². The van der Waals surface area contributed by atoms with Crippen LogP contribution in [0.3, 0.4) is 0 Å². The minimum Gasteiger partial charge on any atom is -0.478 e. The molecular weight excluding hydrogens is 1260 g/mol. The van der Waals surface area contributed by atoms with Gasteiger partial charge in [0.05, 0.1) is 103 Å². The number of carbonyl (C=O) groups is 4. The maximum atomic E-state index is 13.3. The van der Waals surface area contributed by atoms with Crippen molar-refractivity contribution in [2.24, 2.45) is 47.3 Å². The van der Waals surface area contributed by atoms with Crippen LogP contribution in [0.4, 0.5) is 58.4 Å². The predicted molar refractivity (Wildman–Crippen MR) is 329 cm³/mol. The third kappa shape index (κ3) is 13.7. The zero-order chi connectivity index (χ0) is 67.5. The Hall–Kier alpha value is -8.66. The number of aromatic carboxylic acids is 1. The molecule has 20 nitrogen and oxygen atoms in total. The summed E-state index contributed by atoms with van der Waals surface area (Å²) in [6.07, 6.45) is 7.40. The van der Waals surface area contributed by atoms with E-state index in [1.54, 1.807) is 72.7 Å². The highest BCUT2D eigenvalue weighted by atomic mass is 35.5. The van der Waals surface area contributed by atoms with Gasteiger partial charge in [-0.25, -0.2) is 69.6 Å². The van der Waals surface area contributed by atoms with Crippen LogP contribution in [0, 0.1) is 82.0 Å². The number of aromatic nitrogens is 9. The van der Waals surface area contributed by atoms with Crippen LogP contribution in [0.5, 0.6) is 0 Å². The van der Waals surface area contributed by atoms with Gasteiger partial charge in [-0.15, -0.1) is 0 Å². The molecule has 4 aliphatic carbocycles. The lowest BCUT2D eigenvalue weighted by Gasteiger charge is -2.21. The number of ether oxygens (including phenoxy) is 1. The molecule has 11 heterocycles. The Kier molecular flexibility index (Phi) is 18.4. The fourth-order valence-corrected chi connectivity index (χ4v) is 12.9. The van der Waals surface area contributed by atoms with Gasteiger partial charge < -0.3 is 34.5 Å². The van der Waals surface area contributed by atoms with Crippen molar-refractivity contribution in [2.45, 2.75) is 84.9 Å². The molecule has 8 fully saturated rings. The first kappa shape index (κ1) is 66.8. The van der Waals surface area contributed by atoms with Crippen molar-refractivity contribution in [1.82, 2.24) is 44.5 Å². The van der Waals surface area contributed by atoms with Gasteiger partial charge in [0.25, 0.3) is 23.7 Å². The topological polar surface area (TPSA) is 231 Å². The first-order chi connectivity index (χ1) is 44.6. The van der Waals surface area contributed by atoms with Gasteiger partial charge in [0.2, 0.25) is 0 Å². The molecule has 4 saturated carbocycles. The van der Waals surface area contributed by atoms with Crippen LogP contribution in [0.25, 0.3) is 0 Å². The largest absolute Gasteiger partial charge is 0.478 e. The Morgan fingerprint density at radius 1 is 0.500 bits per heavy atom. The fraction of sp³-hybridized carbons (Fsp3) is 0.462. The van der Waals surface area contributed by atoms with Crippen molar-refractivity contribution in [3.63, 3.8) is 0 Å². The number of aliphatic hydroxyl groups is 1. The smallest absolute Gasteiger partial charge is 0.341 e. The summed E-state index contributed by atoms with van der Waals surface area (Å²) in [6, 6.07) is 17.8. The number of pyridine rings is 5. The highest BCUT2D eigenvalue weighted by Gasteiger charge is 2.74. The first-order valence-electron chi connectivity index (χ1n) is 30.6. The highest BCUT2D eigenvalue weighted by molar-refractivity contribution is 6.29. The molecule has 15 rings (SSSR count). The number of halogens is 9. The molecular formula is C65H68ClF8N13O7. The Morgan fingerprint density at radius 3 is 1.13 bits per heavy atom. The summed E-state index contributed by atoms with van der Waals surface area (Å²) in [6.45, 7) is 14.9. The number of fused-ring (bicyclic) bond motifs is 4. The monoisotopic (exact) mass is 1330 g/mol. The quantitative estimate of drug-likeness (QED) is 0.0446. The van der Waals surface area contributed by atoms with Crippen molar-refractivity contribution in [3.05, 3.63) is 158 Å². The molecule has 4 saturated heterocycles. The molecule has 8 atom stereocenters. The van der Waals surface area contributed by atoms with E-state index in [-0.39, 0.29) is 12.2 Å². The normalized spacial score (nSPS) is 24.0. The molecule has 7 aromatic heterocycles. The maximum Gasteiger partial charge on any atom is 0.341 e. The number of nitrogens with zero attached hydrogens (tertiary/aromatic N) is 13. The van der Waals surface area contributed by atoms with Gasteiger partial charge >= 0.3 is 11.9 Å². The van der Waals surface area contributed by atoms with Crippen LogP contribution >= 0.6 is 11.6 Å². The molecule has 94 heavy (non-hydrogen) atoms. The van der Waals surface area contributed by atoms with Crippen molar-refractivity contribution < 1.29 is 69.3 Å². The molecule has 0 amide bonds. The van der Waals surface area contributed by atoms with E-state index in [1.165, 1.54) is 18.6 Å². The van der Waals surface area contributed by atoms with Crippen molar-refractivity contribution in [1.29, 1.82) is 0 Å². The predicted octanol–water partition coefficient (Wildman–Crippen LogP) is 9.89. The van der Waals surface area contributed by atoms with Crippen molar-refractivity contribution in [3.8, 4) is 0 Å². The number of aryl methyl sites for hydroxylation is 5. The number of carbonyl (C=O) groups excluding carboxylic acids is 3. The molecule has 8 unspecified atom stereocenters. The van der Waals surface area contributed by atoms with Crippen LogP contribution in [0.1, 0.15) is 93.5 Å². The molecule has 498 valence electrons. The summed E-state index contributed by atoms with van der Waals surface area (Å²) in [4.78, 5) is 72.7. The number of carboxylic acid groups (broad SMARTS) is 1. The molecule has 2 N–H and O–H groups in total. The summed E-state index contributed by atoms with van der Waals surface area (Å²) in [7, 11) is 0. The van der Waals surface area contributed by atoms with Gasteiger partial charge in [-0.1, -0.05) is 29.8 Å². The van der Waals surface area contributed by atoms with E-state index in [9.17, 15) is 54.3 Å². The summed E-state index contributed by atoms with van der Waals surface area (Å²) < 4.78 is 114. The lowest BCUT2D eigenvalue weighted by Crippen LogP contribution is -2.28. The minimum atomic E-state index is -2.49. The number of alkyl halides is 8. The van der Waals surface area contributed by atoms with Gasteiger partial charge in [-0.05, 0) is 101 Å².